The second kappa shape index (κ2) is 6.30. The summed E-state index contributed by atoms with van der Waals surface area (Å²) in [5.74, 6) is 2.65. The standard InChI is InChI=1S/C19H23Br/c1-14-2-4-15(5-3-14)16-6-8-17(9-7-16)18-10-12-19(20)13-11-18/h6,8-16H,2-5,7H2,1H3. The molecule has 0 saturated heterocycles. The summed E-state index contributed by atoms with van der Waals surface area (Å²) in [5.41, 5.74) is 2.72. The molecular weight excluding hydrogens is 308 g/mol. The van der Waals surface area contributed by atoms with E-state index in [0.29, 0.717) is 0 Å². The molecule has 1 saturated carbocycles. The first-order valence-electron chi connectivity index (χ1n) is 7.86. The molecule has 2 aliphatic rings. The molecule has 1 aromatic rings. The van der Waals surface area contributed by atoms with E-state index in [1.807, 2.05) is 0 Å². The smallest absolute Gasteiger partial charge is 0.0175 e. The van der Waals surface area contributed by atoms with E-state index in [1.165, 1.54) is 43.2 Å². The minimum Gasteiger partial charge on any atom is -0.0802 e. The molecule has 0 heterocycles. The Balaban J connectivity index is 1.64. The third-order valence-electron chi connectivity index (χ3n) is 4.98. The lowest BCUT2D eigenvalue weighted by Gasteiger charge is -2.32. The maximum Gasteiger partial charge on any atom is 0.0175 e. The van der Waals surface area contributed by atoms with Gasteiger partial charge in [0, 0.05) is 4.47 Å². The maximum atomic E-state index is 3.50. The molecule has 1 heteroatoms. The van der Waals surface area contributed by atoms with Crippen LogP contribution in [0, 0.1) is 17.8 Å². The number of hydrogen-bond acceptors (Lipinski definition) is 0. The monoisotopic (exact) mass is 330 g/mol. The Kier molecular flexibility index (Phi) is 4.45. The van der Waals surface area contributed by atoms with Gasteiger partial charge in [0.25, 0.3) is 0 Å². The summed E-state index contributed by atoms with van der Waals surface area (Å²) in [6, 6.07) is 8.64. The molecule has 20 heavy (non-hydrogen) atoms. The van der Waals surface area contributed by atoms with Gasteiger partial charge in [-0.05, 0) is 60.3 Å². The first-order valence-corrected chi connectivity index (χ1v) is 8.66. The largest absolute Gasteiger partial charge is 0.0802 e. The molecule has 1 unspecified atom stereocenters. The van der Waals surface area contributed by atoms with Crippen LogP contribution < -0.4 is 0 Å². The van der Waals surface area contributed by atoms with Crippen LogP contribution in [0.1, 0.15) is 44.6 Å². The summed E-state index contributed by atoms with van der Waals surface area (Å²) in [6.45, 7) is 2.40. The predicted molar refractivity (Wildman–Crippen MR) is 90.5 cm³/mol. The highest BCUT2D eigenvalue weighted by Gasteiger charge is 2.25. The molecular formula is C19H23Br. The molecule has 106 valence electrons. The Morgan fingerprint density at radius 2 is 1.70 bits per heavy atom. The highest BCUT2D eigenvalue weighted by Crippen LogP contribution is 2.38. The average Bonchev–Trinajstić information content (AvgIpc) is 2.49. The fraction of sp³-hybridized carbons (Fsp3) is 0.474. The first kappa shape index (κ1) is 14.1. The van der Waals surface area contributed by atoms with Crippen molar-refractivity contribution in [2.45, 2.75) is 39.0 Å². The van der Waals surface area contributed by atoms with Gasteiger partial charge < -0.3 is 0 Å². The first-order chi connectivity index (χ1) is 9.72. The van der Waals surface area contributed by atoms with Crippen LogP contribution in [0.5, 0.6) is 0 Å². The highest BCUT2D eigenvalue weighted by atomic mass is 79.9. The van der Waals surface area contributed by atoms with Crippen molar-refractivity contribution in [3.8, 4) is 0 Å². The van der Waals surface area contributed by atoms with Crippen LogP contribution in [0.3, 0.4) is 0 Å². The minimum atomic E-state index is 0.779. The maximum absolute atomic E-state index is 3.50. The fourth-order valence-corrected chi connectivity index (χ4v) is 3.82. The Morgan fingerprint density at radius 1 is 1.00 bits per heavy atom. The van der Waals surface area contributed by atoms with E-state index in [-0.39, 0.29) is 0 Å². The third-order valence-corrected chi connectivity index (χ3v) is 5.51. The van der Waals surface area contributed by atoms with Crippen LogP contribution in [-0.4, -0.2) is 0 Å². The minimum absolute atomic E-state index is 0.779. The van der Waals surface area contributed by atoms with E-state index < -0.39 is 0 Å². The summed E-state index contributed by atoms with van der Waals surface area (Å²) in [4.78, 5) is 0. The number of hydrogen-bond donors (Lipinski definition) is 0. The Bertz CT molecular complexity index is 501. The second-order valence-electron chi connectivity index (χ2n) is 6.44. The average molecular weight is 331 g/mol. The van der Waals surface area contributed by atoms with E-state index in [9.17, 15) is 0 Å². The van der Waals surface area contributed by atoms with Gasteiger partial charge in [-0.25, -0.2) is 0 Å². The van der Waals surface area contributed by atoms with Crippen LogP contribution in [0.15, 0.2) is 47.0 Å². The van der Waals surface area contributed by atoms with Crippen LogP contribution in [0.4, 0.5) is 0 Å². The fourth-order valence-electron chi connectivity index (χ4n) is 3.56. The molecule has 0 radical (unpaired) electrons. The van der Waals surface area contributed by atoms with Crippen molar-refractivity contribution < 1.29 is 0 Å². The summed E-state index contributed by atoms with van der Waals surface area (Å²) >= 11 is 3.50. The zero-order valence-corrected chi connectivity index (χ0v) is 13.8. The van der Waals surface area contributed by atoms with Crippen molar-refractivity contribution in [1.82, 2.24) is 0 Å². The lowest BCUT2D eigenvalue weighted by molar-refractivity contribution is 0.240. The van der Waals surface area contributed by atoms with Gasteiger partial charge in [-0.2, -0.15) is 0 Å². The van der Waals surface area contributed by atoms with Crippen LogP contribution in [-0.2, 0) is 0 Å². The molecule has 0 aliphatic heterocycles. The second-order valence-corrected chi connectivity index (χ2v) is 7.36. The zero-order valence-electron chi connectivity index (χ0n) is 12.2. The quantitative estimate of drug-likeness (QED) is 0.602. The molecule has 1 fully saturated rings. The van der Waals surface area contributed by atoms with Gasteiger partial charge in [0.15, 0.2) is 0 Å². The number of allylic oxidation sites excluding steroid dienone is 4. The molecule has 1 aromatic carbocycles. The highest BCUT2D eigenvalue weighted by molar-refractivity contribution is 9.10. The number of rotatable bonds is 2. The van der Waals surface area contributed by atoms with Crippen LogP contribution in [0.25, 0.3) is 5.57 Å². The van der Waals surface area contributed by atoms with Gasteiger partial charge >= 0.3 is 0 Å². The van der Waals surface area contributed by atoms with Crippen molar-refractivity contribution in [3.05, 3.63) is 52.5 Å². The van der Waals surface area contributed by atoms with Gasteiger partial charge in [0.1, 0.15) is 0 Å². The predicted octanol–water partition coefficient (Wildman–Crippen LogP) is 6.23. The number of halogens is 1. The Labute approximate surface area is 131 Å². The van der Waals surface area contributed by atoms with Crippen LogP contribution >= 0.6 is 15.9 Å². The van der Waals surface area contributed by atoms with E-state index in [0.717, 1.165) is 22.2 Å². The molecule has 0 aromatic heterocycles. The van der Waals surface area contributed by atoms with Gasteiger partial charge in [-0.1, -0.05) is 66.1 Å². The molecule has 0 amide bonds. The van der Waals surface area contributed by atoms with E-state index in [1.54, 1.807) is 0 Å². The molecule has 0 N–H and O–H groups in total. The van der Waals surface area contributed by atoms with Crippen molar-refractivity contribution >= 4 is 21.5 Å². The molecule has 1 atom stereocenters. The van der Waals surface area contributed by atoms with Crippen molar-refractivity contribution in [3.63, 3.8) is 0 Å². The summed E-state index contributed by atoms with van der Waals surface area (Å²) in [7, 11) is 0. The zero-order chi connectivity index (χ0) is 13.9. The molecule has 0 spiro atoms. The van der Waals surface area contributed by atoms with Gasteiger partial charge in [-0.3, -0.25) is 0 Å². The SMILES string of the molecule is CC1CCC(C2C=CC(c3ccc(Br)cc3)=CC2)CC1. The van der Waals surface area contributed by atoms with Crippen LogP contribution in [0.2, 0.25) is 0 Å². The summed E-state index contributed by atoms with van der Waals surface area (Å²) in [5, 5.41) is 0. The van der Waals surface area contributed by atoms with E-state index in [2.05, 4.69) is 65.3 Å². The van der Waals surface area contributed by atoms with Gasteiger partial charge in [0.05, 0.1) is 0 Å². The molecule has 2 aliphatic carbocycles. The topological polar surface area (TPSA) is 0 Å². The van der Waals surface area contributed by atoms with Crippen molar-refractivity contribution in [1.29, 1.82) is 0 Å². The lowest BCUT2D eigenvalue weighted by atomic mass is 9.74. The van der Waals surface area contributed by atoms with Crippen molar-refractivity contribution in [2.24, 2.45) is 17.8 Å². The molecule has 3 rings (SSSR count). The Hall–Kier alpha value is -0.820. The van der Waals surface area contributed by atoms with E-state index >= 15 is 0 Å². The number of benzene rings is 1. The summed E-state index contributed by atoms with van der Waals surface area (Å²) in [6.07, 6.45) is 14.2. The summed E-state index contributed by atoms with van der Waals surface area (Å²) < 4.78 is 1.15. The van der Waals surface area contributed by atoms with E-state index in [4.69, 9.17) is 0 Å². The Morgan fingerprint density at radius 3 is 2.30 bits per heavy atom. The third kappa shape index (κ3) is 3.25. The lowest BCUT2D eigenvalue weighted by Crippen LogP contribution is -2.20. The molecule has 0 bridgehead atoms. The van der Waals surface area contributed by atoms with Gasteiger partial charge in [-0.15, -0.1) is 0 Å². The molecule has 0 nitrogen and oxygen atoms in total. The normalized spacial score (nSPS) is 30.1. The van der Waals surface area contributed by atoms with Crippen molar-refractivity contribution in [2.75, 3.05) is 0 Å². The van der Waals surface area contributed by atoms with Gasteiger partial charge in [0.2, 0.25) is 0 Å².